The Bertz CT molecular complexity index is 982. The number of rotatable bonds is 7. The van der Waals surface area contributed by atoms with Crippen LogP contribution >= 0.6 is 0 Å². The summed E-state index contributed by atoms with van der Waals surface area (Å²) in [4.78, 5) is 0. The van der Waals surface area contributed by atoms with Crippen LogP contribution in [0, 0.1) is 0 Å². The van der Waals surface area contributed by atoms with Gasteiger partial charge in [-0.25, -0.2) is 0 Å². The van der Waals surface area contributed by atoms with Crippen LogP contribution in [0.2, 0.25) is 0 Å². The van der Waals surface area contributed by atoms with Gasteiger partial charge in [0.15, 0.2) is 0 Å². The molecule has 2 N–H and O–H groups in total. The first-order valence-corrected chi connectivity index (χ1v) is 10.0. The van der Waals surface area contributed by atoms with Crippen molar-refractivity contribution in [3.05, 3.63) is 144 Å². The maximum atomic E-state index is 9.74. The zero-order valence-corrected chi connectivity index (χ0v) is 16.6. The van der Waals surface area contributed by atoms with Gasteiger partial charge < -0.3 is 5.21 Å². The molecule has 0 saturated heterocycles. The molecular formula is C27H24N2O. The van der Waals surface area contributed by atoms with Gasteiger partial charge in [-0.05, 0) is 16.7 Å². The Morgan fingerprint density at radius 1 is 0.600 bits per heavy atom. The Labute approximate surface area is 177 Å². The van der Waals surface area contributed by atoms with E-state index in [2.05, 4.69) is 83.3 Å². The molecular weight excluding hydrogens is 368 g/mol. The van der Waals surface area contributed by atoms with Gasteiger partial charge in [0.05, 0.1) is 5.54 Å². The van der Waals surface area contributed by atoms with Crippen molar-refractivity contribution < 1.29 is 5.21 Å². The fraction of sp³-hybridized carbons (Fsp3) is 0.0741. The highest BCUT2D eigenvalue weighted by molar-refractivity contribution is 6.01. The molecule has 3 nitrogen and oxygen atoms in total. The van der Waals surface area contributed by atoms with Crippen LogP contribution in [-0.2, 0) is 5.54 Å². The van der Waals surface area contributed by atoms with E-state index in [0.717, 1.165) is 22.3 Å². The van der Waals surface area contributed by atoms with E-state index in [9.17, 15) is 5.21 Å². The number of nitrogens with one attached hydrogen (secondary N) is 1. The van der Waals surface area contributed by atoms with Crippen LogP contribution in [0.3, 0.4) is 0 Å². The van der Waals surface area contributed by atoms with Crippen molar-refractivity contribution in [1.29, 1.82) is 0 Å². The van der Waals surface area contributed by atoms with E-state index >= 15 is 0 Å². The second-order valence-electron chi connectivity index (χ2n) is 7.11. The first-order chi connectivity index (χ1) is 14.8. The average molecular weight is 393 g/mol. The molecule has 4 aromatic carbocycles. The zero-order chi connectivity index (χ0) is 20.7. The van der Waals surface area contributed by atoms with Gasteiger partial charge in [0.2, 0.25) is 0 Å². The Morgan fingerprint density at radius 3 is 1.33 bits per heavy atom. The minimum absolute atomic E-state index is 0.388. The average Bonchev–Trinajstić information content (AvgIpc) is 2.84. The molecule has 4 rings (SSSR count). The predicted molar refractivity (Wildman–Crippen MR) is 122 cm³/mol. The summed E-state index contributed by atoms with van der Waals surface area (Å²) in [5, 5.41) is 17.1. The van der Waals surface area contributed by atoms with E-state index in [4.69, 9.17) is 0 Å². The molecule has 0 fully saturated rings. The quantitative estimate of drug-likeness (QED) is 0.190. The molecule has 0 bridgehead atoms. The van der Waals surface area contributed by atoms with Crippen molar-refractivity contribution in [2.45, 2.75) is 5.54 Å². The third kappa shape index (κ3) is 3.88. The van der Waals surface area contributed by atoms with E-state index in [1.165, 1.54) is 0 Å². The van der Waals surface area contributed by atoms with Crippen LogP contribution < -0.4 is 5.32 Å². The van der Waals surface area contributed by atoms with Crippen molar-refractivity contribution in [3.8, 4) is 0 Å². The molecule has 0 spiro atoms. The summed E-state index contributed by atoms with van der Waals surface area (Å²) in [7, 11) is 0. The predicted octanol–water partition coefficient (Wildman–Crippen LogP) is 5.45. The SMILES string of the molecule is ON=C(CNC(c1ccccc1)(c1ccccc1)c1ccccc1)c1ccccc1. The fourth-order valence-corrected chi connectivity index (χ4v) is 3.91. The highest BCUT2D eigenvalue weighted by Gasteiger charge is 2.36. The second kappa shape index (κ2) is 9.21. The molecule has 0 atom stereocenters. The lowest BCUT2D eigenvalue weighted by molar-refractivity contribution is 0.317. The van der Waals surface area contributed by atoms with Crippen LogP contribution in [0.4, 0.5) is 0 Å². The molecule has 0 unspecified atom stereocenters. The number of nitrogens with zero attached hydrogens (tertiary/aromatic N) is 1. The van der Waals surface area contributed by atoms with Crippen LogP contribution in [0.5, 0.6) is 0 Å². The fourth-order valence-electron chi connectivity index (χ4n) is 3.91. The Balaban J connectivity index is 1.85. The summed E-state index contributed by atoms with van der Waals surface area (Å²) < 4.78 is 0. The lowest BCUT2D eigenvalue weighted by Crippen LogP contribution is -2.47. The van der Waals surface area contributed by atoms with E-state index in [-0.39, 0.29) is 0 Å². The van der Waals surface area contributed by atoms with Gasteiger partial charge in [0, 0.05) is 12.1 Å². The van der Waals surface area contributed by atoms with E-state index in [1.807, 2.05) is 48.5 Å². The third-order valence-corrected chi connectivity index (χ3v) is 5.37. The lowest BCUT2D eigenvalue weighted by atomic mass is 9.77. The first-order valence-electron chi connectivity index (χ1n) is 10.0. The molecule has 0 amide bonds. The van der Waals surface area contributed by atoms with E-state index in [1.54, 1.807) is 0 Å². The standard InChI is InChI=1S/C27H24N2O/c30-29-26(22-13-5-1-6-14-22)21-28-27(23-15-7-2-8-16-23,24-17-9-3-10-18-24)25-19-11-4-12-20-25/h1-20,28,30H,21H2. The van der Waals surface area contributed by atoms with Crippen molar-refractivity contribution in [3.63, 3.8) is 0 Å². The Morgan fingerprint density at radius 2 is 0.967 bits per heavy atom. The molecule has 4 aromatic rings. The van der Waals surface area contributed by atoms with Gasteiger partial charge in [0.25, 0.3) is 0 Å². The lowest BCUT2D eigenvalue weighted by Gasteiger charge is -2.37. The smallest absolute Gasteiger partial charge is 0.101 e. The van der Waals surface area contributed by atoms with Gasteiger partial charge in [0.1, 0.15) is 5.71 Å². The van der Waals surface area contributed by atoms with Gasteiger partial charge in [-0.2, -0.15) is 0 Å². The molecule has 0 aromatic heterocycles. The second-order valence-corrected chi connectivity index (χ2v) is 7.11. The zero-order valence-electron chi connectivity index (χ0n) is 16.6. The maximum absolute atomic E-state index is 9.74. The number of hydrogen-bond acceptors (Lipinski definition) is 3. The normalized spacial score (nSPS) is 11.9. The van der Waals surface area contributed by atoms with E-state index < -0.39 is 5.54 Å². The van der Waals surface area contributed by atoms with Gasteiger partial charge in [-0.1, -0.05) is 126 Å². The Kier molecular flexibility index (Phi) is 6.02. The molecule has 148 valence electrons. The van der Waals surface area contributed by atoms with Crippen LogP contribution in [0.1, 0.15) is 22.3 Å². The molecule has 0 aliphatic rings. The monoisotopic (exact) mass is 392 g/mol. The van der Waals surface area contributed by atoms with Gasteiger partial charge in [-0.15, -0.1) is 0 Å². The number of hydrogen-bond donors (Lipinski definition) is 2. The third-order valence-electron chi connectivity index (χ3n) is 5.37. The summed E-state index contributed by atoms with van der Waals surface area (Å²) in [6.45, 7) is 0.388. The number of oxime groups is 1. The molecule has 0 heterocycles. The van der Waals surface area contributed by atoms with Crippen molar-refractivity contribution >= 4 is 5.71 Å². The molecule has 0 radical (unpaired) electrons. The van der Waals surface area contributed by atoms with E-state index in [0.29, 0.717) is 12.3 Å². The van der Waals surface area contributed by atoms with Crippen molar-refractivity contribution in [1.82, 2.24) is 5.32 Å². The summed E-state index contributed by atoms with van der Waals surface area (Å²) in [5.74, 6) is 0. The molecule has 0 aliphatic carbocycles. The summed E-state index contributed by atoms with van der Waals surface area (Å²) in [5.41, 5.74) is 4.22. The minimum atomic E-state index is -0.603. The molecule has 0 saturated carbocycles. The van der Waals surface area contributed by atoms with Crippen LogP contribution in [0.15, 0.2) is 126 Å². The summed E-state index contributed by atoms with van der Waals surface area (Å²) in [6.07, 6.45) is 0. The first kappa shape index (κ1) is 19.6. The van der Waals surface area contributed by atoms with Crippen LogP contribution in [-0.4, -0.2) is 17.5 Å². The highest BCUT2D eigenvalue weighted by Crippen LogP contribution is 2.36. The summed E-state index contributed by atoms with van der Waals surface area (Å²) >= 11 is 0. The summed E-state index contributed by atoms with van der Waals surface area (Å²) in [6, 6.07) is 40.9. The van der Waals surface area contributed by atoms with Crippen molar-refractivity contribution in [2.24, 2.45) is 5.16 Å². The molecule has 30 heavy (non-hydrogen) atoms. The highest BCUT2D eigenvalue weighted by atomic mass is 16.4. The molecule has 0 aliphatic heterocycles. The Hall–Kier alpha value is -3.69. The maximum Gasteiger partial charge on any atom is 0.101 e. The van der Waals surface area contributed by atoms with Gasteiger partial charge >= 0.3 is 0 Å². The molecule has 3 heteroatoms. The van der Waals surface area contributed by atoms with Gasteiger partial charge in [-0.3, -0.25) is 5.32 Å². The number of benzene rings is 4. The largest absolute Gasteiger partial charge is 0.411 e. The topological polar surface area (TPSA) is 44.6 Å². The minimum Gasteiger partial charge on any atom is -0.411 e. The van der Waals surface area contributed by atoms with Crippen molar-refractivity contribution in [2.75, 3.05) is 6.54 Å². The van der Waals surface area contributed by atoms with Crippen LogP contribution in [0.25, 0.3) is 0 Å².